The van der Waals surface area contributed by atoms with E-state index in [2.05, 4.69) is 10.2 Å². The number of aromatic amines is 1. The average molecular weight is 247 g/mol. The van der Waals surface area contributed by atoms with Crippen LogP contribution in [0.25, 0.3) is 10.9 Å². The maximum absolute atomic E-state index is 12.2. The lowest BCUT2D eigenvalue weighted by Gasteiger charge is -2.17. The topological polar surface area (TPSA) is 58.2 Å². The minimum Gasteiger partial charge on any atom is -0.497 e. The van der Waals surface area contributed by atoms with E-state index in [1.165, 1.54) is 0 Å². The van der Waals surface area contributed by atoms with Crippen LogP contribution in [0.2, 0.25) is 0 Å². The van der Waals surface area contributed by atoms with Crippen molar-refractivity contribution in [3.63, 3.8) is 0 Å². The van der Waals surface area contributed by atoms with Crippen molar-refractivity contribution in [2.75, 3.05) is 20.2 Å². The van der Waals surface area contributed by atoms with Gasteiger partial charge < -0.3 is 9.64 Å². The summed E-state index contributed by atoms with van der Waals surface area (Å²) in [4.78, 5) is 14.0. The van der Waals surface area contributed by atoms with Gasteiger partial charge in [0.25, 0.3) is 5.91 Å². The lowest BCUT2D eigenvalue weighted by atomic mass is 10.2. The van der Waals surface area contributed by atoms with Crippen molar-refractivity contribution in [2.24, 2.45) is 0 Å². The molecule has 0 bridgehead atoms. The Kier molecular flexibility index (Phi) is 3.50. The van der Waals surface area contributed by atoms with Gasteiger partial charge in [0, 0.05) is 24.5 Å². The molecule has 2 aromatic rings. The Balaban J connectivity index is 2.43. The molecule has 0 aliphatic rings. The molecule has 1 amide bonds. The van der Waals surface area contributed by atoms with Gasteiger partial charge in [0.15, 0.2) is 5.69 Å². The third-order valence-corrected chi connectivity index (χ3v) is 3.02. The standard InChI is InChI=1S/C13H17N3O2/c1-4-16(5-2)13(17)12-10-7-6-9(18-3)8-11(10)14-15-12/h6-8H,4-5H2,1-3H3,(H,14,15). The zero-order valence-electron chi connectivity index (χ0n) is 10.9. The van der Waals surface area contributed by atoms with Crippen LogP contribution in [0.3, 0.4) is 0 Å². The lowest BCUT2D eigenvalue weighted by Crippen LogP contribution is -2.30. The summed E-state index contributed by atoms with van der Waals surface area (Å²) < 4.78 is 5.14. The van der Waals surface area contributed by atoms with Crippen molar-refractivity contribution in [2.45, 2.75) is 13.8 Å². The van der Waals surface area contributed by atoms with E-state index in [1.807, 2.05) is 32.0 Å². The molecule has 5 heteroatoms. The number of ether oxygens (including phenoxy) is 1. The van der Waals surface area contributed by atoms with Crippen molar-refractivity contribution in [1.82, 2.24) is 15.1 Å². The average Bonchev–Trinajstić information content (AvgIpc) is 2.82. The van der Waals surface area contributed by atoms with Gasteiger partial charge in [-0.05, 0) is 26.0 Å². The van der Waals surface area contributed by atoms with Gasteiger partial charge in [0.2, 0.25) is 0 Å². The van der Waals surface area contributed by atoms with E-state index >= 15 is 0 Å². The second-order valence-corrected chi connectivity index (χ2v) is 3.96. The molecular formula is C13H17N3O2. The van der Waals surface area contributed by atoms with Crippen LogP contribution in [0.15, 0.2) is 18.2 Å². The molecule has 0 fully saturated rings. The van der Waals surface area contributed by atoms with Crippen molar-refractivity contribution < 1.29 is 9.53 Å². The Morgan fingerprint density at radius 3 is 2.72 bits per heavy atom. The number of benzene rings is 1. The number of rotatable bonds is 4. The zero-order chi connectivity index (χ0) is 13.1. The van der Waals surface area contributed by atoms with E-state index in [1.54, 1.807) is 12.0 Å². The molecular weight excluding hydrogens is 230 g/mol. The van der Waals surface area contributed by atoms with E-state index in [0.717, 1.165) is 16.7 Å². The molecule has 0 spiro atoms. The highest BCUT2D eigenvalue weighted by Crippen LogP contribution is 2.22. The van der Waals surface area contributed by atoms with Crippen LogP contribution in [0.1, 0.15) is 24.3 Å². The first-order chi connectivity index (χ1) is 8.71. The molecule has 0 aliphatic carbocycles. The fraction of sp³-hybridized carbons (Fsp3) is 0.385. The number of aromatic nitrogens is 2. The summed E-state index contributed by atoms with van der Waals surface area (Å²) in [5.41, 5.74) is 1.28. The third kappa shape index (κ3) is 2.03. The van der Waals surface area contributed by atoms with Crippen LogP contribution in [0.5, 0.6) is 5.75 Å². The SMILES string of the molecule is CCN(CC)C(=O)c1n[nH]c2cc(OC)ccc12. The Morgan fingerprint density at radius 1 is 1.39 bits per heavy atom. The number of nitrogens with one attached hydrogen (secondary N) is 1. The predicted octanol–water partition coefficient (Wildman–Crippen LogP) is 2.05. The highest BCUT2D eigenvalue weighted by molar-refractivity contribution is 6.04. The maximum Gasteiger partial charge on any atom is 0.274 e. The number of fused-ring (bicyclic) bond motifs is 1. The molecule has 0 aliphatic heterocycles. The molecule has 2 rings (SSSR count). The van der Waals surface area contributed by atoms with Crippen LogP contribution in [0.4, 0.5) is 0 Å². The Hall–Kier alpha value is -2.04. The highest BCUT2D eigenvalue weighted by atomic mass is 16.5. The number of amides is 1. The van der Waals surface area contributed by atoms with Gasteiger partial charge >= 0.3 is 0 Å². The van der Waals surface area contributed by atoms with Gasteiger partial charge in [-0.1, -0.05) is 0 Å². The van der Waals surface area contributed by atoms with E-state index in [4.69, 9.17) is 4.74 Å². The fourth-order valence-corrected chi connectivity index (χ4v) is 1.95. The Labute approximate surface area is 106 Å². The summed E-state index contributed by atoms with van der Waals surface area (Å²) in [5, 5.41) is 7.81. The second-order valence-electron chi connectivity index (χ2n) is 3.96. The number of carbonyl (C=O) groups excluding carboxylic acids is 1. The predicted molar refractivity (Wildman–Crippen MR) is 69.9 cm³/mol. The number of hydrogen-bond acceptors (Lipinski definition) is 3. The molecule has 1 heterocycles. The largest absolute Gasteiger partial charge is 0.497 e. The molecule has 18 heavy (non-hydrogen) atoms. The maximum atomic E-state index is 12.2. The zero-order valence-corrected chi connectivity index (χ0v) is 10.9. The number of methoxy groups -OCH3 is 1. The molecule has 0 radical (unpaired) electrons. The molecule has 1 aromatic heterocycles. The first-order valence-electron chi connectivity index (χ1n) is 6.02. The van der Waals surface area contributed by atoms with Gasteiger partial charge in [-0.2, -0.15) is 5.10 Å². The molecule has 96 valence electrons. The van der Waals surface area contributed by atoms with Crippen LogP contribution in [-0.4, -0.2) is 41.2 Å². The Morgan fingerprint density at radius 2 is 2.11 bits per heavy atom. The normalized spacial score (nSPS) is 10.6. The summed E-state index contributed by atoms with van der Waals surface area (Å²) >= 11 is 0. The minimum atomic E-state index is -0.0450. The van der Waals surface area contributed by atoms with Crippen molar-refractivity contribution in [3.05, 3.63) is 23.9 Å². The molecule has 0 saturated heterocycles. The summed E-state index contributed by atoms with van der Waals surface area (Å²) in [6.45, 7) is 5.28. The number of carbonyl (C=O) groups is 1. The quantitative estimate of drug-likeness (QED) is 0.899. The molecule has 1 aromatic carbocycles. The summed E-state index contributed by atoms with van der Waals surface area (Å²) in [6.07, 6.45) is 0. The monoisotopic (exact) mass is 247 g/mol. The molecule has 5 nitrogen and oxygen atoms in total. The van der Waals surface area contributed by atoms with Gasteiger partial charge in [-0.25, -0.2) is 0 Å². The molecule has 1 N–H and O–H groups in total. The second kappa shape index (κ2) is 5.08. The van der Waals surface area contributed by atoms with Gasteiger partial charge in [-0.3, -0.25) is 9.89 Å². The van der Waals surface area contributed by atoms with Crippen LogP contribution in [0, 0.1) is 0 Å². The highest BCUT2D eigenvalue weighted by Gasteiger charge is 2.18. The van der Waals surface area contributed by atoms with Gasteiger partial charge in [0.1, 0.15) is 5.75 Å². The van der Waals surface area contributed by atoms with E-state index in [-0.39, 0.29) is 5.91 Å². The number of nitrogens with zero attached hydrogens (tertiary/aromatic N) is 2. The van der Waals surface area contributed by atoms with Crippen molar-refractivity contribution in [1.29, 1.82) is 0 Å². The summed E-state index contributed by atoms with van der Waals surface area (Å²) in [5.74, 6) is 0.699. The number of H-pyrrole nitrogens is 1. The van der Waals surface area contributed by atoms with Crippen LogP contribution < -0.4 is 4.74 Å². The minimum absolute atomic E-state index is 0.0450. The summed E-state index contributed by atoms with van der Waals surface area (Å²) in [6, 6.07) is 5.52. The molecule has 0 atom stereocenters. The smallest absolute Gasteiger partial charge is 0.274 e. The van der Waals surface area contributed by atoms with Crippen molar-refractivity contribution in [3.8, 4) is 5.75 Å². The molecule has 0 saturated carbocycles. The van der Waals surface area contributed by atoms with Crippen LogP contribution in [-0.2, 0) is 0 Å². The first kappa shape index (κ1) is 12.4. The van der Waals surface area contributed by atoms with E-state index in [0.29, 0.717) is 18.8 Å². The first-order valence-corrected chi connectivity index (χ1v) is 6.02. The summed E-state index contributed by atoms with van der Waals surface area (Å²) in [7, 11) is 1.61. The Bertz CT molecular complexity index is 558. The van der Waals surface area contributed by atoms with Gasteiger partial charge in [0.05, 0.1) is 12.6 Å². The van der Waals surface area contributed by atoms with E-state index < -0.39 is 0 Å². The van der Waals surface area contributed by atoms with Crippen molar-refractivity contribution >= 4 is 16.8 Å². The van der Waals surface area contributed by atoms with E-state index in [9.17, 15) is 4.79 Å². The lowest BCUT2D eigenvalue weighted by molar-refractivity contribution is 0.0769. The van der Waals surface area contributed by atoms with Gasteiger partial charge in [-0.15, -0.1) is 0 Å². The van der Waals surface area contributed by atoms with Crippen LogP contribution >= 0.6 is 0 Å². The third-order valence-electron chi connectivity index (χ3n) is 3.02. The fourth-order valence-electron chi connectivity index (χ4n) is 1.95. The molecule has 0 unspecified atom stereocenters. The number of hydrogen-bond donors (Lipinski definition) is 1.